The highest BCUT2D eigenvalue weighted by Gasteiger charge is 2.31. The van der Waals surface area contributed by atoms with Crippen molar-refractivity contribution in [3.8, 4) is 5.69 Å². The number of nitrogens with zero attached hydrogens (tertiary/aromatic N) is 1. The van der Waals surface area contributed by atoms with Gasteiger partial charge in [-0.3, -0.25) is 4.79 Å². The minimum Gasteiger partial charge on any atom is -0.453 e. The Morgan fingerprint density at radius 1 is 1.09 bits per heavy atom. The summed E-state index contributed by atoms with van der Waals surface area (Å²) in [6.07, 6.45) is -0.313. The molecule has 1 aliphatic carbocycles. The number of aromatic nitrogens is 1. The first-order valence-corrected chi connectivity index (χ1v) is 11.2. The van der Waals surface area contributed by atoms with Crippen LogP contribution in [0.4, 0.5) is 13.2 Å². The molecule has 2 aromatic heterocycles. The maximum Gasteiger partial charge on any atom is 0.416 e. The average molecular weight is 462 g/mol. The monoisotopic (exact) mass is 461 g/mol. The van der Waals surface area contributed by atoms with Gasteiger partial charge in [0, 0.05) is 27.5 Å². The number of esters is 1. The smallest absolute Gasteiger partial charge is 0.416 e. The molecule has 0 saturated heterocycles. The van der Waals surface area contributed by atoms with Crippen LogP contribution in [0.3, 0.4) is 0 Å². The molecule has 0 amide bonds. The predicted octanol–water partition coefficient (Wildman–Crippen LogP) is 6.09. The van der Waals surface area contributed by atoms with E-state index in [2.05, 4.69) is 0 Å². The molecule has 0 bridgehead atoms. The van der Waals surface area contributed by atoms with E-state index in [0.29, 0.717) is 27.5 Å². The number of carbonyl (C=O) groups is 2. The van der Waals surface area contributed by atoms with E-state index in [4.69, 9.17) is 4.74 Å². The van der Waals surface area contributed by atoms with Crippen molar-refractivity contribution in [2.45, 2.75) is 45.7 Å². The van der Waals surface area contributed by atoms with Gasteiger partial charge in [0.05, 0.1) is 5.56 Å². The summed E-state index contributed by atoms with van der Waals surface area (Å²) in [5.41, 5.74) is 2.16. The predicted molar refractivity (Wildman–Crippen MR) is 116 cm³/mol. The number of benzene rings is 1. The highest BCUT2D eigenvalue weighted by Crippen LogP contribution is 2.32. The number of halogens is 3. The van der Waals surface area contributed by atoms with Crippen molar-refractivity contribution in [2.24, 2.45) is 0 Å². The normalized spacial score (nSPS) is 13.7. The number of thiophene rings is 1. The molecule has 4 rings (SSSR count). The van der Waals surface area contributed by atoms with Gasteiger partial charge in [-0.25, -0.2) is 4.79 Å². The summed E-state index contributed by atoms with van der Waals surface area (Å²) in [6.45, 7) is 2.95. The number of ether oxygens (including phenoxy) is 1. The van der Waals surface area contributed by atoms with E-state index in [1.165, 1.54) is 27.8 Å². The Bertz CT molecular complexity index is 1170. The van der Waals surface area contributed by atoms with E-state index in [0.717, 1.165) is 37.8 Å². The molecule has 0 atom stereocenters. The fourth-order valence-electron chi connectivity index (χ4n) is 4.13. The molecular formula is C24H22F3NO3S. The van der Waals surface area contributed by atoms with Crippen molar-refractivity contribution in [1.29, 1.82) is 0 Å². The van der Waals surface area contributed by atoms with Crippen LogP contribution < -0.4 is 0 Å². The van der Waals surface area contributed by atoms with Crippen molar-refractivity contribution >= 4 is 23.1 Å². The molecule has 0 spiro atoms. The number of carbonyl (C=O) groups excluding carboxylic acids is 2. The minimum atomic E-state index is -4.46. The zero-order chi connectivity index (χ0) is 23.0. The van der Waals surface area contributed by atoms with Crippen LogP contribution >= 0.6 is 11.3 Å². The van der Waals surface area contributed by atoms with Crippen molar-refractivity contribution < 1.29 is 27.5 Å². The summed E-state index contributed by atoms with van der Waals surface area (Å²) in [4.78, 5) is 26.9. The maximum absolute atomic E-state index is 13.1. The lowest BCUT2D eigenvalue weighted by Crippen LogP contribution is -2.14. The van der Waals surface area contributed by atoms with Crippen LogP contribution in [0, 0.1) is 13.8 Å². The molecule has 0 fully saturated rings. The van der Waals surface area contributed by atoms with Gasteiger partial charge in [0.2, 0.25) is 5.78 Å². The SMILES string of the molecule is Cc1cc(C(=O)COC(=O)c2cc3c(s2)CCCC3)c(C)n1-c1cccc(C(F)(F)F)c1. The van der Waals surface area contributed by atoms with Gasteiger partial charge in [0.1, 0.15) is 4.88 Å². The van der Waals surface area contributed by atoms with Crippen LogP contribution in [-0.2, 0) is 23.8 Å². The summed E-state index contributed by atoms with van der Waals surface area (Å²) in [5.74, 6) is -0.921. The summed E-state index contributed by atoms with van der Waals surface area (Å²) >= 11 is 1.42. The maximum atomic E-state index is 13.1. The largest absolute Gasteiger partial charge is 0.453 e. The number of rotatable bonds is 5. The second kappa shape index (κ2) is 8.58. The lowest BCUT2D eigenvalue weighted by atomic mass is 9.99. The zero-order valence-electron chi connectivity index (χ0n) is 17.7. The molecule has 0 radical (unpaired) electrons. The van der Waals surface area contributed by atoms with E-state index in [9.17, 15) is 22.8 Å². The van der Waals surface area contributed by atoms with Gasteiger partial charge in [-0.2, -0.15) is 13.2 Å². The lowest BCUT2D eigenvalue weighted by Gasteiger charge is -2.13. The Labute approximate surface area is 187 Å². The number of alkyl halides is 3. The fraction of sp³-hybridized carbons (Fsp3) is 0.333. The van der Waals surface area contributed by atoms with Gasteiger partial charge in [-0.15, -0.1) is 11.3 Å². The number of aryl methyl sites for hydroxylation is 3. The van der Waals surface area contributed by atoms with Gasteiger partial charge >= 0.3 is 12.1 Å². The van der Waals surface area contributed by atoms with Gasteiger partial charge in [0.25, 0.3) is 0 Å². The topological polar surface area (TPSA) is 48.3 Å². The molecule has 3 aromatic rings. The van der Waals surface area contributed by atoms with Crippen molar-refractivity contribution in [3.05, 3.63) is 74.2 Å². The number of ketones is 1. The standard InChI is InChI=1S/C24H22F3NO3S/c1-14-10-19(15(2)28(14)18-8-5-7-17(12-18)24(25,26)27)20(29)13-31-23(30)22-11-16-6-3-4-9-21(16)32-22/h5,7-8,10-12H,3-4,6,9,13H2,1-2H3. The van der Waals surface area contributed by atoms with E-state index < -0.39 is 30.1 Å². The van der Waals surface area contributed by atoms with E-state index >= 15 is 0 Å². The van der Waals surface area contributed by atoms with Gasteiger partial charge < -0.3 is 9.30 Å². The number of Topliss-reactive ketones (excluding diaryl/α,β-unsaturated/α-hetero) is 1. The molecule has 0 saturated carbocycles. The molecule has 168 valence electrons. The third kappa shape index (κ3) is 4.37. The van der Waals surface area contributed by atoms with E-state index in [1.807, 2.05) is 6.07 Å². The average Bonchev–Trinajstić information content (AvgIpc) is 3.32. The second-order valence-electron chi connectivity index (χ2n) is 7.93. The van der Waals surface area contributed by atoms with Crippen LogP contribution in [0.25, 0.3) is 5.69 Å². The summed E-state index contributed by atoms with van der Waals surface area (Å²) in [7, 11) is 0. The summed E-state index contributed by atoms with van der Waals surface area (Å²) in [6, 6.07) is 8.41. The van der Waals surface area contributed by atoms with Crippen molar-refractivity contribution in [3.63, 3.8) is 0 Å². The second-order valence-corrected chi connectivity index (χ2v) is 9.07. The number of hydrogen-bond acceptors (Lipinski definition) is 4. The molecule has 0 N–H and O–H groups in total. The first kappa shape index (κ1) is 22.3. The highest BCUT2D eigenvalue weighted by atomic mass is 32.1. The van der Waals surface area contributed by atoms with Crippen LogP contribution in [0.5, 0.6) is 0 Å². The van der Waals surface area contributed by atoms with Crippen molar-refractivity contribution in [1.82, 2.24) is 4.57 Å². The van der Waals surface area contributed by atoms with Crippen LogP contribution in [-0.4, -0.2) is 22.9 Å². The van der Waals surface area contributed by atoms with E-state index in [1.54, 1.807) is 30.5 Å². The fourth-order valence-corrected chi connectivity index (χ4v) is 5.28. The third-order valence-electron chi connectivity index (χ3n) is 5.70. The quantitative estimate of drug-likeness (QED) is 0.341. The van der Waals surface area contributed by atoms with Crippen LogP contribution in [0.2, 0.25) is 0 Å². The molecule has 8 heteroatoms. The molecule has 1 aliphatic rings. The summed E-state index contributed by atoms with van der Waals surface area (Å²) < 4.78 is 46.1. The highest BCUT2D eigenvalue weighted by molar-refractivity contribution is 7.14. The Balaban J connectivity index is 1.50. The molecule has 0 unspecified atom stereocenters. The Hall–Kier alpha value is -2.87. The van der Waals surface area contributed by atoms with Gasteiger partial charge in [0.15, 0.2) is 6.61 Å². The van der Waals surface area contributed by atoms with Crippen LogP contribution in [0.15, 0.2) is 36.4 Å². The van der Waals surface area contributed by atoms with E-state index in [-0.39, 0.29) is 0 Å². The minimum absolute atomic E-state index is 0.315. The third-order valence-corrected chi connectivity index (χ3v) is 6.91. The Kier molecular flexibility index (Phi) is 5.99. The number of fused-ring (bicyclic) bond motifs is 1. The Morgan fingerprint density at radius 3 is 2.56 bits per heavy atom. The van der Waals surface area contributed by atoms with Gasteiger partial charge in [-0.1, -0.05) is 6.07 Å². The Morgan fingerprint density at radius 2 is 1.84 bits per heavy atom. The molecular weight excluding hydrogens is 439 g/mol. The molecule has 32 heavy (non-hydrogen) atoms. The first-order chi connectivity index (χ1) is 15.1. The molecule has 1 aromatic carbocycles. The molecule has 2 heterocycles. The zero-order valence-corrected chi connectivity index (χ0v) is 18.5. The first-order valence-electron chi connectivity index (χ1n) is 10.3. The van der Waals surface area contributed by atoms with Crippen molar-refractivity contribution in [2.75, 3.05) is 6.61 Å². The number of hydrogen-bond donors (Lipinski definition) is 0. The van der Waals surface area contributed by atoms with Gasteiger partial charge in [-0.05, 0) is 75.4 Å². The lowest BCUT2D eigenvalue weighted by molar-refractivity contribution is -0.137. The van der Waals surface area contributed by atoms with Crippen LogP contribution in [0.1, 0.15) is 60.3 Å². The summed E-state index contributed by atoms with van der Waals surface area (Å²) in [5, 5.41) is 0. The molecule has 4 nitrogen and oxygen atoms in total. The molecule has 0 aliphatic heterocycles.